The second kappa shape index (κ2) is 5.36. The van der Waals surface area contributed by atoms with Crippen LogP contribution >= 0.6 is 0 Å². The standard InChI is InChI=1S/C15H26O2/c1-5-12(3)11-14(4,6-2)15(17)10-8-7-9-13(15)16/h7-10,12-13,16-17H,5-6,11H2,1-4H3. The number of aliphatic hydroxyl groups excluding tert-OH is 1. The Kier molecular flexibility index (Phi) is 4.56. The maximum absolute atomic E-state index is 10.8. The highest BCUT2D eigenvalue weighted by atomic mass is 16.3. The summed E-state index contributed by atoms with van der Waals surface area (Å²) >= 11 is 0. The SMILES string of the molecule is CCC(C)CC(C)(CC)C1(O)C=CC=CC1O. The van der Waals surface area contributed by atoms with Crippen molar-refractivity contribution in [1.82, 2.24) is 0 Å². The third-order valence-corrected chi connectivity index (χ3v) is 4.45. The van der Waals surface area contributed by atoms with Crippen molar-refractivity contribution in [2.24, 2.45) is 11.3 Å². The van der Waals surface area contributed by atoms with Crippen molar-refractivity contribution in [3.05, 3.63) is 24.3 Å². The van der Waals surface area contributed by atoms with Crippen LogP contribution in [0.1, 0.15) is 47.0 Å². The van der Waals surface area contributed by atoms with Crippen molar-refractivity contribution in [3.63, 3.8) is 0 Å². The van der Waals surface area contributed by atoms with Crippen LogP contribution in [0.5, 0.6) is 0 Å². The van der Waals surface area contributed by atoms with Gasteiger partial charge in [-0.1, -0.05) is 52.3 Å². The van der Waals surface area contributed by atoms with E-state index >= 15 is 0 Å². The van der Waals surface area contributed by atoms with Gasteiger partial charge >= 0.3 is 0 Å². The highest BCUT2D eigenvalue weighted by Gasteiger charge is 2.48. The predicted octanol–water partition coefficient (Wildman–Crippen LogP) is 3.06. The van der Waals surface area contributed by atoms with E-state index in [0.29, 0.717) is 5.92 Å². The van der Waals surface area contributed by atoms with Crippen molar-refractivity contribution in [2.45, 2.75) is 58.7 Å². The summed E-state index contributed by atoms with van der Waals surface area (Å²) in [7, 11) is 0. The monoisotopic (exact) mass is 238 g/mol. The van der Waals surface area contributed by atoms with E-state index in [4.69, 9.17) is 0 Å². The normalized spacial score (nSPS) is 33.4. The van der Waals surface area contributed by atoms with E-state index in [1.807, 2.05) is 6.08 Å². The summed E-state index contributed by atoms with van der Waals surface area (Å²) in [5.41, 5.74) is -1.43. The van der Waals surface area contributed by atoms with Crippen LogP contribution in [0.25, 0.3) is 0 Å². The maximum Gasteiger partial charge on any atom is 0.118 e. The van der Waals surface area contributed by atoms with Gasteiger partial charge in [-0.3, -0.25) is 0 Å². The molecule has 0 aromatic rings. The van der Waals surface area contributed by atoms with Crippen molar-refractivity contribution in [2.75, 3.05) is 0 Å². The van der Waals surface area contributed by atoms with E-state index in [0.717, 1.165) is 19.3 Å². The lowest BCUT2D eigenvalue weighted by molar-refractivity contribution is -0.113. The lowest BCUT2D eigenvalue weighted by Gasteiger charge is -2.47. The van der Waals surface area contributed by atoms with E-state index < -0.39 is 11.7 Å². The van der Waals surface area contributed by atoms with Gasteiger partial charge in [0, 0.05) is 5.41 Å². The Labute approximate surface area is 105 Å². The third kappa shape index (κ3) is 2.63. The topological polar surface area (TPSA) is 40.5 Å². The fourth-order valence-electron chi connectivity index (χ4n) is 2.68. The van der Waals surface area contributed by atoms with Gasteiger partial charge in [-0.15, -0.1) is 0 Å². The van der Waals surface area contributed by atoms with Crippen molar-refractivity contribution < 1.29 is 10.2 Å². The zero-order chi connectivity index (χ0) is 13.1. The highest BCUT2D eigenvalue weighted by Crippen LogP contribution is 2.45. The molecule has 0 fully saturated rings. The molecule has 98 valence electrons. The number of allylic oxidation sites excluding steroid dienone is 2. The van der Waals surface area contributed by atoms with Crippen LogP contribution in [0.15, 0.2) is 24.3 Å². The number of hydrogen-bond acceptors (Lipinski definition) is 2. The van der Waals surface area contributed by atoms with Crippen LogP contribution in [-0.4, -0.2) is 21.9 Å². The molecule has 2 nitrogen and oxygen atoms in total. The zero-order valence-electron chi connectivity index (χ0n) is 11.5. The second-order valence-corrected chi connectivity index (χ2v) is 5.65. The Bertz CT molecular complexity index is 308. The molecule has 0 aromatic heterocycles. The third-order valence-electron chi connectivity index (χ3n) is 4.45. The first-order valence-electron chi connectivity index (χ1n) is 6.66. The Balaban J connectivity index is 2.99. The lowest BCUT2D eigenvalue weighted by Crippen LogP contribution is -2.54. The first-order chi connectivity index (χ1) is 7.89. The molecule has 0 heterocycles. The van der Waals surface area contributed by atoms with Gasteiger partial charge in [-0.25, -0.2) is 0 Å². The van der Waals surface area contributed by atoms with Crippen molar-refractivity contribution in [1.29, 1.82) is 0 Å². The fourth-order valence-corrected chi connectivity index (χ4v) is 2.68. The lowest BCUT2D eigenvalue weighted by atomic mass is 9.63. The van der Waals surface area contributed by atoms with E-state index in [9.17, 15) is 10.2 Å². The number of hydrogen-bond donors (Lipinski definition) is 2. The van der Waals surface area contributed by atoms with Crippen molar-refractivity contribution >= 4 is 0 Å². The van der Waals surface area contributed by atoms with Gasteiger partial charge in [0.1, 0.15) is 11.7 Å². The second-order valence-electron chi connectivity index (χ2n) is 5.65. The molecule has 0 bridgehead atoms. The summed E-state index contributed by atoms with van der Waals surface area (Å²) in [5, 5.41) is 20.9. The minimum absolute atomic E-state index is 0.289. The fraction of sp³-hybridized carbons (Fsp3) is 0.733. The smallest absolute Gasteiger partial charge is 0.118 e. The maximum atomic E-state index is 10.8. The van der Waals surface area contributed by atoms with Gasteiger partial charge in [0.25, 0.3) is 0 Å². The molecule has 0 saturated heterocycles. The number of rotatable bonds is 5. The van der Waals surface area contributed by atoms with E-state index in [1.165, 1.54) is 0 Å². The average molecular weight is 238 g/mol. The molecule has 2 heteroatoms. The molecule has 4 unspecified atom stereocenters. The quantitative estimate of drug-likeness (QED) is 0.773. The first kappa shape index (κ1) is 14.5. The first-order valence-corrected chi connectivity index (χ1v) is 6.66. The molecule has 0 saturated carbocycles. The van der Waals surface area contributed by atoms with Crippen LogP contribution in [-0.2, 0) is 0 Å². The minimum Gasteiger partial charge on any atom is -0.386 e. The van der Waals surface area contributed by atoms with Gasteiger partial charge in [0.15, 0.2) is 0 Å². The van der Waals surface area contributed by atoms with Gasteiger partial charge in [0.05, 0.1) is 0 Å². The van der Waals surface area contributed by atoms with E-state index in [2.05, 4.69) is 27.7 Å². The van der Waals surface area contributed by atoms with Gasteiger partial charge in [0.2, 0.25) is 0 Å². The number of aliphatic hydroxyl groups is 2. The minimum atomic E-state index is -1.14. The molecule has 0 spiro atoms. The molecular weight excluding hydrogens is 212 g/mol. The van der Waals surface area contributed by atoms with Crippen LogP contribution in [0.3, 0.4) is 0 Å². The Morgan fingerprint density at radius 1 is 1.35 bits per heavy atom. The Hall–Kier alpha value is -0.600. The Morgan fingerprint density at radius 2 is 2.00 bits per heavy atom. The van der Waals surface area contributed by atoms with Crippen LogP contribution in [0.2, 0.25) is 0 Å². The van der Waals surface area contributed by atoms with Crippen molar-refractivity contribution in [3.8, 4) is 0 Å². The molecule has 0 aliphatic heterocycles. The van der Waals surface area contributed by atoms with Crippen LogP contribution in [0, 0.1) is 11.3 Å². The summed E-state index contributed by atoms with van der Waals surface area (Å²) in [6.45, 7) is 8.52. The molecule has 0 amide bonds. The van der Waals surface area contributed by atoms with E-state index in [1.54, 1.807) is 18.2 Å². The molecule has 1 aliphatic rings. The van der Waals surface area contributed by atoms with Gasteiger partial charge < -0.3 is 10.2 Å². The molecule has 1 rings (SSSR count). The summed E-state index contributed by atoms with van der Waals surface area (Å²) in [6.07, 6.45) is 9.11. The Morgan fingerprint density at radius 3 is 2.47 bits per heavy atom. The molecule has 1 aliphatic carbocycles. The largest absolute Gasteiger partial charge is 0.386 e. The summed E-state index contributed by atoms with van der Waals surface area (Å²) < 4.78 is 0. The molecular formula is C15H26O2. The predicted molar refractivity (Wildman–Crippen MR) is 71.7 cm³/mol. The average Bonchev–Trinajstić information content (AvgIpc) is 2.32. The van der Waals surface area contributed by atoms with Gasteiger partial charge in [-0.05, 0) is 24.8 Å². The summed E-state index contributed by atoms with van der Waals surface area (Å²) in [6, 6.07) is 0. The van der Waals surface area contributed by atoms with Gasteiger partial charge in [-0.2, -0.15) is 0 Å². The van der Waals surface area contributed by atoms with Crippen LogP contribution < -0.4 is 0 Å². The molecule has 0 radical (unpaired) electrons. The van der Waals surface area contributed by atoms with E-state index in [-0.39, 0.29) is 5.41 Å². The van der Waals surface area contributed by atoms with Crippen LogP contribution in [0.4, 0.5) is 0 Å². The molecule has 17 heavy (non-hydrogen) atoms. The molecule has 0 aromatic carbocycles. The molecule has 2 N–H and O–H groups in total. The summed E-state index contributed by atoms with van der Waals surface area (Å²) in [5.74, 6) is 0.551. The summed E-state index contributed by atoms with van der Waals surface area (Å²) in [4.78, 5) is 0. The zero-order valence-corrected chi connectivity index (χ0v) is 11.5. The highest BCUT2D eigenvalue weighted by molar-refractivity contribution is 5.26. The molecule has 4 atom stereocenters.